The standard InChI is InChI=1S/C17H15N3O3S2/c1-11-4-5-12(9-15(11)20(22)23)14-10-25-17(18-14)19-16(21)7-6-13-3-2-8-24-13/h2-5,8-10H,6-7H2,1H3,(H,18,19,21). The van der Waals surface area contributed by atoms with Crippen molar-refractivity contribution in [2.24, 2.45) is 0 Å². The van der Waals surface area contributed by atoms with Crippen LogP contribution in [0.15, 0.2) is 41.1 Å². The van der Waals surface area contributed by atoms with Crippen LogP contribution in [0, 0.1) is 17.0 Å². The van der Waals surface area contributed by atoms with E-state index in [0.29, 0.717) is 34.8 Å². The van der Waals surface area contributed by atoms with Gasteiger partial charge in [-0.2, -0.15) is 0 Å². The molecular weight excluding hydrogens is 358 g/mol. The number of carbonyl (C=O) groups excluding carboxylic acids is 1. The molecule has 0 unspecified atom stereocenters. The number of nitrogens with zero attached hydrogens (tertiary/aromatic N) is 2. The molecule has 128 valence electrons. The SMILES string of the molecule is Cc1ccc(-c2csc(NC(=O)CCc3cccs3)n2)cc1[N+](=O)[O-]. The fraction of sp³-hybridized carbons (Fsp3) is 0.176. The van der Waals surface area contributed by atoms with Crippen LogP contribution in [0.3, 0.4) is 0 Å². The molecule has 0 saturated heterocycles. The minimum atomic E-state index is -0.404. The number of anilines is 1. The van der Waals surface area contributed by atoms with Gasteiger partial charge >= 0.3 is 0 Å². The van der Waals surface area contributed by atoms with Gasteiger partial charge in [0.1, 0.15) is 0 Å². The normalized spacial score (nSPS) is 10.6. The largest absolute Gasteiger partial charge is 0.302 e. The molecule has 2 heterocycles. The molecule has 1 amide bonds. The van der Waals surface area contributed by atoms with E-state index in [2.05, 4.69) is 10.3 Å². The van der Waals surface area contributed by atoms with Crippen LogP contribution in [0.2, 0.25) is 0 Å². The Morgan fingerprint density at radius 3 is 2.88 bits per heavy atom. The van der Waals surface area contributed by atoms with Crippen molar-refractivity contribution >= 4 is 39.4 Å². The van der Waals surface area contributed by atoms with E-state index in [0.717, 1.165) is 0 Å². The van der Waals surface area contributed by atoms with E-state index in [9.17, 15) is 14.9 Å². The molecule has 3 aromatic rings. The Bertz CT molecular complexity index is 904. The number of nitro benzene ring substituents is 1. The zero-order valence-corrected chi connectivity index (χ0v) is 15.0. The van der Waals surface area contributed by atoms with Gasteiger partial charge in [-0.1, -0.05) is 18.2 Å². The fourth-order valence-electron chi connectivity index (χ4n) is 2.30. The van der Waals surface area contributed by atoms with Crippen molar-refractivity contribution in [3.05, 3.63) is 61.6 Å². The third kappa shape index (κ3) is 4.28. The highest BCUT2D eigenvalue weighted by Gasteiger charge is 2.14. The average molecular weight is 373 g/mol. The lowest BCUT2D eigenvalue weighted by atomic mass is 10.1. The van der Waals surface area contributed by atoms with Gasteiger partial charge in [-0.3, -0.25) is 14.9 Å². The van der Waals surface area contributed by atoms with Crippen molar-refractivity contribution in [3.8, 4) is 11.3 Å². The summed E-state index contributed by atoms with van der Waals surface area (Å²) in [5.74, 6) is -0.0933. The van der Waals surface area contributed by atoms with Gasteiger partial charge < -0.3 is 5.32 Å². The third-order valence-corrected chi connectivity index (χ3v) is 5.32. The molecule has 0 aliphatic rings. The summed E-state index contributed by atoms with van der Waals surface area (Å²) < 4.78 is 0. The first kappa shape index (κ1) is 17.2. The summed E-state index contributed by atoms with van der Waals surface area (Å²) in [7, 11) is 0. The minimum Gasteiger partial charge on any atom is -0.302 e. The van der Waals surface area contributed by atoms with Crippen molar-refractivity contribution in [2.75, 3.05) is 5.32 Å². The Morgan fingerprint density at radius 2 is 2.16 bits per heavy atom. The zero-order chi connectivity index (χ0) is 17.8. The molecule has 3 rings (SSSR count). The van der Waals surface area contributed by atoms with Gasteiger partial charge in [0, 0.05) is 33.9 Å². The quantitative estimate of drug-likeness (QED) is 0.503. The number of nitrogens with one attached hydrogen (secondary N) is 1. The number of hydrogen-bond acceptors (Lipinski definition) is 6. The Kier molecular flexibility index (Phi) is 5.20. The van der Waals surface area contributed by atoms with E-state index in [4.69, 9.17) is 0 Å². The Balaban J connectivity index is 1.67. The first-order valence-corrected chi connectivity index (χ1v) is 9.32. The van der Waals surface area contributed by atoms with Crippen LogP contribution < -0.4 is 5.32 Å². The fourth-order valence-corrected chi connectivity index (χ4v) is 3.75. The maximum Gasteiger partial charge on any atom is 0.272 e. The van der Waals surface area contributed by atoms with E-state index in [1.165, 1.54) is 22.3 Å². The molecule has 0 radical (unpaired) electrons. The van der Waals surface area contributed by atoms with Crippen molar-refractivity contribution in [1.29, 1.82) is 0 Å². The van der Waals surface area contributed by atoms with Gasteiger partial charge in [0.2, 0.25) is 5.91 Å². The summed E-state index contributed by atoms with van der Waals surface area (Å²) in [5.41, 5.74) is 1.94. The number of thiophene rings is 1. The van der Waals surface area contributed by atoms with Gasteiger partial charge in [0.05, 0.1) is 10.6 Å². The lowest BCUT2D eigenvalue weighted by molar-refractivity contribution is -0.385. The summed E-state index contributed by atoms with van der Waals surface area (Å²) in [6.45, 7) is 1.70. The highest BCUT2D eigenvalue weighted by molar-refractivity contribution is 7.14. The van der Waals surface area contributed by atoms with E-state index >= 15 is 0 Å². The molecule has 0 fully saturated rings. The highest BCUT2D eigenvalue weighted by Crippen LogP contribution is 2.29. The number of aryl methyl sites for hydroxylation is 2. The van der Waals surface area contributed by atoms with E-state index in [-0.39, 0.29) is 11.6 Å². The summed E-state index contributed by atoms with van der Waals surface area (Å²) >= 11 is 2.93. The summed E-state index contributed by atoms with van der Waals surface area (Å²) in [6, 6.07) is 8.97. The predicted molar refractivity (Wildman–Crippen MR) is 100 cm³/mol. The molecule has 2 aromatic heterocycles. The molecular formula is C17H15N3O3S2. The molecule has 0 atom stereocenters. The monoisotopic (exact) mass is 373 g/mol. The van der Waals surface area contributed by atoms with Crippen LogP contribution in [0.5, 0.6) is 0 Å². The number of carbonyl (C=O) groups is 1. The minimum absolute atomic E-state index is 0.0621. The van der Waals surface area contributed by atoms with Crippen molar-refractivity contribution in [2.45, 2.75) is 19.8 Å². The Labute approximate surface area is 152 Å². The van der Waals surface area contributed by atoms with Crippen molar-refractivity contribution in [1.82, 2.24) is 4.98 Å². The predicted octanol–water partition coefficient (Wildman–Crippen LogP) is 4.66. The number of aromatic nitrogens is 1. The Hall–Kier alpha value is -2.58. The summed E-state index contributed by atoms with van der Waals surface area (Å²) in [6.07, 6.45) is 1.09. The number of benzene rings is 1. The van der Waals surface area contributed by atoms with Gasteiger partial charge in [0.25, 0.3) is 5.69 Å². The van der Waals surface area contributed by atoms with Gasteiger partial charge in [-0.25, -0.2) is 4.98 Å². The van der Waals surface area contributed by atoms with Crippen LogP contribution in [0.25, 0.3) is 11.3 Å². The second kappa shape index (κ2) is 7.54. The first-order valence-electron chi connectivity index (χ1n) is 7.56. The number of thiazole rings is 1. The van der Waals surface area contributed by atoms with Crippen molar-refractivity contribution < 1.29 is 9.72 Å². The molecule has 0 saturated carbocycles. The molecule has 1 N–H and O–H groups in total. The topological polar surface area (TPSA) is 85.1 Å². The summed E-state index contributed by atoms with van der Waals surface area (Å²) in [5, 5.41) is 18.1. The summed E-state index contributed by atoms with van der Waals surface area (Å²) in [4.78, 5) is 28.2. The zero-order valence-electron chi connectivity index (χ0n) is 13.4. The first-order chi connectivity index (χ1) is 12.0. The van der Waals surface area contributed by atoms with Crippen LogP contribution in [0.4, 0.5) is 10.8 Å². The van der Waals surface area contributed by atoms with Gasteiger partial charge in [-0.15, -0.1) is 22.7 Å². The highest BCUT2D eigenvalue weighted by atomic mass is 32.1. The van der Waals surface area contributed by atoms with Crippen LogP contribution in [-0.4, -0.2) is 15.8 Å². The molecule has 25 heavy (non-hydrogen) atoms. The number of amides is 1. The number of nitro groups is 1. The Morgan fingerprint density at radius 1 is 1.32 bits per heavy atom. The lowest BCUT2D eigenvalue weighted by Crippen LogP contribution is -2.11. The third-order valence-electron chi connectivity index (χ3n) is 3.63. The van der Waals surface area contributed by atoms with Crippen LogP contribution >= 0.6 is 22.7 Å². The van der Waals surface area contributed by atoms with Crippen molar-refractivity contribution in [3.63, 3.8) is 0 Å². The average Bonchev–Trinajstić information content (AvgIpc) is 3.25. The molecule has 6 nitrogen and oxygen atoms in total. The number of hydrogen-bond donors (Lipinski definition) is 1. The van der Waals surface area contributed by atoms with Gasteiger partial charge in [0.15, 0.2) is 5.13 Å². The second-order valence-electron chi connectivity index (χ2n) is 5.42. The van der Waals surface area contributed by atoms with E-state index in [1.54, 1.807) is 35.8 Å². The van der Waals surface area contributed by atoms with E-state index in [1.807, 2.05) is 17.5 Å². The molecule has 1 aromatic carbocycles. The van der Waals surface area contributed by atoms with Gasteiger partial charge in [-0.05, 0) is 24.8 Å². The van der Waals surface area contributed by atoms with Crippen LogP contribution in [-0.2, 0) is 11.2 Å². The maximum absolute atomic E-state index is 12.0. The molecule has 8 heteroatoms. The lowest BCUT2D eigenvalue weighted by Gasteiger charge is -2.01. The molecule has 0 spiro atoms. The second-order valence-corrected chi connectivity index (χ2v) is 7.31. The van der Waals surface area contributed by atoms with E-state index < -0.39 is 4.92 Å². The number of rotatable bonds is 6. The molecule has 0 bridgehead atoms. The molecule has 0 aliphatic carbocycles. The molecule has 0 aliphatic heterocycles. The maximum atomic E-state index is 12.0. The smallest absolute Gasteiger partial charge is 0.272 e. The van der Waals surface area contributed by atoms with Crippen LogP contribution in [0.1, 0.15) is 16.9 Å².